The fourth-order valence-electron chi connectivity index (χ4n) is 2.61. The van der Waals surface area contributed by atoms with Crippen molar-refractivity contribution in [1.82, 2.24) is 4.98 Å². The van der Waals surface area contributed by atoms with Crippen LogP contribution in [0.3, 0.4) is 0 Å². The zero-order valence-electron chi connectivity index (χ0n) is 12.8. The van der Waals surface area contributed by atoms with E-state index in [2.05, 4.69) is 49.2 Å². The fourth-order valence-corrected chi connectivity index (χ4v) is 2.61. The third-order valence-electron chi connectivity index (χ3n) is 3.91. The van der Waals surface area contributed by atoms with Gasteiger partial charge in [0.25, 0.3) is 0 Å². The molecule has 0 spiro atoms. The van der Waals surface area contributed by atoms with Crippen molar-refractivity contribution in [2.75, 3.05) is 0 Å². The van der Waals surface area contributed by atoms with E-state index in [1.54, 1.807) is 0 Å². The predicted molar refractivity (Wildman–Crippen MR) is 92.3 cm³/mol. The summed E-state index contributed by atoms with van der Waals surface area (Å²) in [6.07, 6.45) is 3.85. The number of hydrogen-bond acceptors (Lipinski definition) is 1. The Morgan fingerprint density at radius 3 is 2.50 bits per heavy atom. The van der Waals surface area contributed by atoms with Crippen molar-refractivity contribution >= 4 is 22.6 Å². The summed E-state index contributed by atoms with van der Waals surface area (Å²) in [7, 11) is 0. The van der Waals surface area contributed by atoms with Gasteiger partial charge in [0.15, 0.2) is 0 Å². The molecule has 0 saturated carbocycles. The number of nitrogens with one attached hydrogen (secondary N) is 1. The minimum absolute atomic E-state index is 0.516. The molecule has 3 rings (SSSR count). The molecule has 0 aliphatic carbocycles. The Labute approximate surface area is 130 Å². The van der Waals surface area contributed by atoms with Crippen molar-refractivity contribution in [1.29, 1.82) is 5.26 Å². The molecule has 0 fully saturated rings. The number of nitrogens with zero attached hydrogens (tertiary/aromatic N) is 1. The third-order valence-corrected chi connectivity index (χ3v) is 3.91. The molecule has 2 aromatic carbocycles. The van der Waals surface area contributed by atoms with Crippen LogP contribution in [0.25, 0.3) is 22.6 Å². The number of allylic oxidation sites excluding steroid dienone is 1. The summed E-state index contributed by atoms with van der Waals surface area (Å²) in [5.41, 5.74) is 5.03. The van der Waals surface area contributed by atoms with Crippen LogP contribution in [0, 0.1) is 11.3 Å². The molecule has 1 N–H and O–H groups in total. The fraction of sp³-hybridized carbons (Fsp3) is 0.150. The van der Waals surface area contributed by atoms with Crippen LogP contribution in [-0.2, 0) is 0 Å². The lowest BCUT2D eigenvalue weighted by molar-refractivity contribution is 0.866. The van der Waals surface area contributed by atoms with Crippen molar-refractivity contribution < 1.29 is 0 Å². The van der Waals surface area contributed by atoms with Crippen LogP contribution in [-0.4, -0.2) is 4.98 Å². The molecule has 2 heteroatoms. The van der Waals surface area contributed by atoms with E-state index in [0.29, 0.717) is 11.5 Å². The van der Waals surface area contributed by atoms with Gasteiger partial charge in [-0.05, 0) is 29.2 Å². The number of H-pyrrole nitrogens is 1. The molecule has 0 unspecified atom stereocenters. The van der Waals surface area contributed by atoms with Gasteiger partial charge < -0.3 is 4.98 Å². The van der Waals surface area contributed by atoms with E-state index in [4.69, 9.17) is 0 Å². The van der Waals surface area contributed by atoms with E-state index < -0.39 is 0 Å². The molecule has 0 atom stereocenters. The summed E-state index contributed by atoms with van der Waals surface area (Å²) in [4.78, 5) is 3.22. The van der Waals surface area contributed by atoms with Crippen molar-refractivity contribution in [2.45, 2.75) is 19.8 Å². The van der Waals surface area contributed by atoms with Crippen molar-refractivity contribution in [3.8, 4) is 6.07 Å². The molecule has 0 amide bonds. The Morgan fingerprint density at radius 2 is 1.82 bits per heavy atom. The number of rotatable bonds is 3. The van der Waals surface area contributed by atoms with Crippen molar-refractivity contribution in [3.05, 3.63) is 71.4 Å². The van der Waals surface area contributed by atoms with Gasteiger partial charge in [-0.3, -0.25) is 0 Å². The minimum Gasteiger partial charge on any atom is -0.361 e. The number of para-hydroxylation sites is 1. The number of benzene rings is 2. The normalized spacial score (nSPS) is 11.8. The molecule has 0 radical (unpaired) electrons. The first-order valence-electron chi connectivity index (χ1n) is 7.47. The van der Waals surface area contributed by atoms with Gasteiger partial charge >= 0.3 is 0 Å². The van der Waals surface area contributed by atoms with Crippen molar-refractivity contribution in [3.63, 3.8) is 0 Å². The molecule has 1 aromatic heterocycles. The Kier molecular flexibility index (Phi) is 3.80. The second-order valence-corrected chi connectivity index (χ2v) is 5.74. The minimum atomic E-state index is 0.516. The zero-order valence-corrected chi connectivity index (χ0v) is 12.8. The monoisotopic (exact) mass is 286 g/mol. The molecule has 22 heavy (non-hydrogen) atoms. The van der Waals surface area contributed by atoms with E-state index in [-0.39, 0.29) is 0 Å². The van der Waals surface area contributed by atoms with Crippen LogP contribution in [0.15, 0.2) is 54.7 Å². The number of hydrogen-bond donors (Lipinski definition) is 1. The standard InChI is InChI=1S/C20H18N2/c1-14(2)16-9-7-15(8-10-16)11-17(12-21)19-13-22-20-6-4-3-5-18(19)20/h3-11,13-14,22H,1-2H3/b17-11+. The van der Waals surface area contributed by atoms with Crippen LogP contribution >= 0.6 is 0 Å². The zero-order chi connectivity index (χ0) is 15.5. The topological polar surface area (TPSA) is 39.6 Å². The Morgan fingerprint density at radius 1 is 1.09 bits per heavy atom. The van der Waals surface area contributed by atoms with Crippen LogP contribution < -0.4 is 0 Å². The van der Waals surface area contributed by atoms with E-state index >= 15 is 0 Å². The van der Waals surface area contributed by atoms with Gasteiger partial charge in [0, 0.05) is 22.7 Å². The molecule has 0 aliphatic rings. The van der Waals surface area contributed by atoms with Gasteiger partial charge in [-0.2, -0.15) is 5.26 Å². The van der Waals surface area contributed by atoms with E-state index in [1.807, 2.05) is 36.5 Å². The quantitative estimate of drug-likeness (QED) is 0.647. The predicted octanol–water partition coefficient (Wildman–Crippen LogP) is 5.36. The summed E-state index contributed by atoms with van der Waals surface area (Å²) in [5, 5.41) is 10.6. The lowest BCUT2D eigenvalue weighted by atomic mass is 9.99. The average molecular weight is 286 g/mol. The maximum absolute atomic E-state index is 9.53. The molecule has 3 aromatic rings. The van der Waals surface area contributed by atoms with Gasteiger partial charge in [0.05, 0.1) is 11.6 Å². The first kappa shape index (κ1) is 14.2. The highest BCUT2D eigenvalue weighted by Crippen LogP contribution is 2.26. The largest absolute Gasteiger partial charge is 0.361 e. The lowest BCUT2D eigenvalue weighted by Gasteiger charge is -2.05. The molecule has 0 bridgehead atoms. The van der Waals surface area contributed by atoms with Gasteiger partial charge in [-0.1, -0.05) is 56.3 Å². The maximum Gasteiger partial charge on any atom is 0.0998 e. The molecule has 2 nitrogen and oxygen atoms in total. The molecular weight excluding hydrogens is 268 g/mol. The summed E-state index contributed by atoms with van der Waals surface area (Å²) < 4.78 is 0. The second-order valence-electron chi connectivity index (χ2n) is 5.74. The number of aromatic amines is 1. The van der Waals surface area contributed by atoms with Crippen LogP contribution in [0.5, 0.6) is 0 Å². The maximum atomic E-state index is 9.53. The van der Waals surface area contributed by atoms with Gasteiger partial charge in [0.2, 0.25) is 0 Å². The first-order chi connectivity index (χ1) is 10.7. The lowest BCUT2D eigenvalue weighted by Crippen LogP contribution is -1.86. The summed E-state index contributed by atoms with van der Waals surface area (Å²) >= 11 is 0. The van der Waals surface area contributed by atoms with Gasteiger partial charge in [-0.25, -0.2) is 0 Å². The highest BCUT2D eigenvalue weighted by Gasteiger charge is 2.08. The SMILES string of the molecule is CC(C)c1ccc(/C=C(\C#N)c2c[nH]c3ccccc23)cc1. The van der Waals surface area contributed by atoms with E-state index in [9.17, 15) is 5.26 Å². The number of fused-ring (bicyclic) bond motifs is 1. The summed E-state index contributed by atoms with van der Waals surface area (Å²) in [6, 6.07) is 18.8. The number of aromatic nitrogens is 1. The molecule has 1 heterocycles. The average Bonchev–Trinajstić information content (AvgIpc) is 2.97. The highest BCUT2D eigenvalue weighted by molar-refractivity contribution is 6.01. The first-order valence-corrected chi connectivity index (χ1v) is 7.47. The Balaban J connectivity index is 2.02. The molecular formula is C20H18N2. The summed E-state index contributed by atoms with van der Waals surface area (Å²) in [5.74, 6) is 0.516. The third kappa shape index (κ3) is 2.66. The van der Waals surface area contributed by atoms with Gasteiger partial charge in [0.1, 0.15) is 0 Å². The van der Waals surface area contributed by atoms with E-state index in [1.165, 1.54) is 5.56 Å². The van der Waals surface area contributed by atoms with Crippen LogP contribution in [0.1, 0.15) is 36.5 Å². The Bertz CT molecular complexity index is 859. The Hall–Kier alpha value is -2.79. The summed E-state index contributed by atoms with van der Waals surface area (Å²) in [6.45, 7) is 4.36. The molecule has 108 valence electrons. The van der Waals surface area contributed by atoms with Crippen LogP contribution in [0.4, 0.5) is 0 Å². The molecule has 0 aliphatic heterocycles. The van der Waals surface area contributed by atoms with Gasteiger partial charge in [-0.15, -0.1) is 0 Å². The van der Waals surface area contributed by atoms with Crippen molar-refractivity contribution in [2.24, 2.45) is 0 Å². The number of nitriles is 1. The second kappa shape index (κ2) is 5.91. The smallest absolute Gasteiger partial charge is 0.0998 e. The van der Waals surface area contributed by atoms with Crippen LogP contribution in [0.2, 0.25) is 0 Å². The molecule has 0 saturated heterocycles. The van der Waals surface area contributed by atoms with E-state index in [0.717, 1.165) is 22.0 Å². The highest BCUT2D eigenvalue weighted by atomic mass is 14.7.